The lowest BCUT2D eigenvalue weighted by Gasteiger charge is -2.37. The average molecular weight is 361 g/mol. The van der Waals surface area contributed by atoms with Gasteiger partial charge in [-0.15, -0.1) is 0 Å². The van der Waals surface area contributed by atoms with Gasteiger partial charge in [0.15, 0.2) is 5.78 Å². The molecule has 2 aliphatic heterocycles. The van der Waals surface area contributed by atoms with Crippen LogP contribution in [0, 0.1) is 0 Å². The summed E-state index contributed by atoms with van der Waals surface area (Å²) >= 11 is 1.65. The molecule has 2 fully saturated rings. The number of nitrogens with zero attached hydrogens (tertiary/aromatic N) is 2. The molecule has 0 spiro atoms. The molecule has 2 amide bonds. The van der Waals surface area contributed by atoms with Crippen LogP contribution in [0.1, 0.15) is 23.7 Å². The van der Waals surface area contributed by atoms with E-state index in [0.717, 1.165) is 24.5 Å². The van der Waals surface area contributed by atoms with Crippen LogP contribution in [0.5, 0.6) is 0 Å². The van der Waals surface area contributed by atoms with Gasteiger partial charge in [-0.1, -0.05) is 0 Å². The first-order valence-corrected chi connectivity index (χ1v) is 9.72. The first-order chi connectivity index (χ1) is 12.0. The maximum atomic E-state index is 12.7. The quantitative estimate of drug-likeness (QED) is 0.818. The summed E-state index contributed by atoms with van der Waals surface area (Å²) in [5.74, 6) is 1.48. The van der Waals surface area contributed by atoms with Gasteiger partial charge < -0.3 is 15.1 Å². The first kappa shape index (κ1) is 17.8. The Morgan fingerprint density at radius 1 is 1.12 bits per heavy atom. The third-order valence-corrected chi connectivity index (χ3v) is 5.68. The number of carbonyl (C=O) groups excluding carboxylic acids is 3. The van der Waals surface area contributed by atoms with Crippen LogP contribution in [-0.4, -0.2) is 66.2 Å². The molecular weight excluding hydrogens is 338 g/mol. The van der Waals surface area contributed by atoms with Crippen LogP contribution in [0.25, 0.3) is 0 Å². The zero-order valence-corrected chi connectivity index (χ0v) is 15.2. The summed E-state index contributed by atoms with van der Waals surface area (Å²) in [4.78, 5) is 39.7. The Bertz CT molecular complexity index is 654. The van der Waals surface area contributed by atoms with E-state index in [4.69, 9.17) is 0 Å². The van der Waals surface area contributed by atoms with Crippen molar-refractivity contribution in [1.82, 2.24) is 10.2 Å². The van der Waals surface area contributed by atoms with Crippen molar-refractivity contribution in [2.45, 2.75) is 19.4 Å². The predicted molar refractivity (Wildman–Crippen MR) is 99.1 cm³/mol. The molecule has 6 nitrogen and oxygen atoms in total. The van der Waals surface area contributed by atoms with Crippen molar-refractivity contribution in [3.63, 3.8) is 0 Å². The fourth-order valence-corrected chi connectivity index (χ4v) is 4.08. The highest BCUT2D eigenvalue weighted by atomic mass is 32.2. The van der Waals surface area contributed by atoms with Gasteiger partial charge >= 0.3 is 0 Å². The monoisotopic (exact) mass is 361 g/mol. The molecule has 1 atom stereocenters. The Kier molecular flexibility index (Phi) is 5.63. The van der Waals surface area contributed by atoms with Crippen LogP contribution < -0.4 is 10.2 Å². The largest absolute Gasteiger partial charge is 0.368 e. The van der Waals surface area contributed by atoms with Gasteiger partial charge in [-0.25, -0.2) is 0 Å². The molecule has 0 aromatic heterocycles. The molecule has 0 bridgehead atoms. The Hall–Kier alpha value is -2.02. The van der Waals surface area contributed by atoms with Crippen molar-refractivity contribution in [3.8, 4) is 0 Å². The number of nitrogens with one attached hydrogen (secondary N) is 1. The Morgan fingerprint density at radius 3 is 2.44 bits per heavy atom. The summed E-state index contributed by atoms with van der Waals surface area (Å²) in [6.07, 6.45) is 0.485. The van der Waals surface area contributed by atoms with Gasteiger partial charge in [0, 0.05) is 55.4 Å². The number of ketones is 1. The number of hydrogen-bond donors (Lipinski definition) is 1. The Balaban J connectivity index is 1.56. The van der Waals surface area contributed by atoms with Gasteiger partial charge in [0.25, 0.3) is 0 Å². The van der Waals surface area contributed by atoms with Gasteiger partial charge in [0.1, 0.15) is 6.04 Å². The van der Waals surface area contributed by atoms with Crippen LogP contribution in [-0.2, 0) is 9.59 Å². The Labute approximate surface area is 151 Å². The average Bonchev–Trinajstić information content (AvgIpc) is 2.86. The lowest BCUT2D eigenvalue weighted by molar-refractivity contribution is -0.135. The fourth-order valence-electron chi connectivity index (χ4n) is 3.12. The highest BCUT2D eigenvalue weighted by Gasteiger charge is 2.29. The van der Waals surface area contributed by atoms with Crippen molar-refractivity contribution in [2.75, 3.05) is 42.6 Å². The minimum Gasteiger partial charge on any atom is -0.368 e. The summed E-state index contributed by atoms with van der Waals surface area (Å²) in [5, 5.41) is 2.84. The highest BCUT2D eigenvalue weighted by Crippen LogP contribution is 2.19. The molecule has 3 rings (SSSR count). The number of benzene rings is 1. The normalized spacial score (nSPS) is 21.5. The molecule has 2 heterocycles. The number of hydrogen-bond acceptors (Lipinski definition) is 5. The van der Waals surface area contributed by atoms with Gasteiger partial charge in [-0.3, -0.25) is 14.4 Å². The minimum absolute atomic E-state index is 0.0225. The smallest absolute Gasteiger partial charge is 0.246 e. The molecule has 1 aromatic carbocycles. The van der Waals surface area contributed by atoms with E-state index in [2.05, 4.69) is 10.2 Å². The van der Waals surface area contributed by atoms with Crippen LogP contribution in [0.2, 0.25) is 0 Å². The second-order valence-electron chi connectivity index (χ2n) is 6.36. The third kappa shape index (κ3) is 4.34. The Morgan fingerprint density at radius 2 is 1.80 bits per heavy atom. The van der Waals surface area contributed by atoms with E-state index in [1.54, 1.807) is 18.7 Å². The van der Waals surface area contributed by atoms with E-state index >= 15 is 0 Å². The van der Waals surface area contributed by atoms with Gasteiger partial charge in [-0.05, 0) is 31.2 Å². The SMILES string of the molecule is CC(=O)c1ccc(N2CCN(C(=O)[C@@H]3CSCCC(=O)N3)CC2)cc1. The van der Waals surface area contributed by atoms with Crippen LogP contribution in [0.3, 0.4) is 0 Å². The minimum atomic E-state index is -0.401. The molecule has 1 aromatic rings. The van der Waals surface area contributed by atoms with E-state index in [-0.39, 0.29) is 17.6 Å². The number of anilines is 1. The molecule has 0 aliphatic carbocycles. The zero-order chi connectivity index (χ0) is 17.8. The lowest BCUT2D eigenvalue weighted by Crippen LogP contribution is -2.55. The van der Waals surface area contributed by atoms with Crippen molar-refractivity contribution in [2.24, 2.45) is 0 Å². The number of rotatable bonds is 3. The molecule has 1 N–H and O–H groups in total. The van der Waals surface area contributed by atoms with Crippen molar-refractivity contribution < 1.29 is 14.4 Å². The van der Waals surface area contributed by atoms with Crippen molar-refractivity contribution >= 4 is 35.0 Å². The fraction of sp³-hybridized carbons (Fsp3) is 0.500. The van der Waals surface area contributed by atoms with E-state index in [9.17, 15) is 14.4 Å². The molecule has 134 valence electrons. The molecule has 7 heteroatoms. The first-order valence-electron chi connectivity index (χ1n) is 8.56. The summed E-state index contributed by atoms with van der Waals surface area (Å²) < 4.78 is 0. The number of thioether (sulfide) groups is 1. The maximum Gasteiger partial charge on any atom is 0.246 e. The summed E-state index contributed by atoms with van der Waals surface area (Å²) in [6.45, 7) is 4.34. The van der Waals surface area contributed by atoms with Crippen LogP contribution >= 0.6 is 11.8 Å². The molecule has 0 unspecified atom stereocenters. The second kappa shape index (κ2) is 7.91. The number of piperazine rings is 1. The lowest BCUT2D eigenvalue weighted by atomic mass is 10.1. The van der Waals surface area contributed by atoms with Gasteiger partial charge in [-0.2, -0.15) is 11.8 Å². The molecule has 2 saturated heterocycles. The zero-order valence-electron chi connectivity index (χ0n) is 14.4. The van der Waals surface area contributed by atoms with E-state index in [1.807, 2.05) is 29.2 Å². The topological polar surface area (TPSA) is 69.7 Å². The predicted octanol–water partition coefficient (Wildman–Crippen LogP) is 1.16. The van der Waals surface area contributed by atoms with E-state index in [0.29, 0.717) is 30.8 Å². The maximum absolute atomic E-state index is 12.7. The van der Waals surface area contributed by atoms with Crippen molar-refractivity contribution in [3.05, 3.63) is 29.8 Å². The third-order valence-electron chi connectivity index (χ3n) is 4.62. The highest BCUT2D eigenvalue weighted by molar-refractivity contribution is 7.99. The summed E-state index contributed by atoms with van der Waals surface area (Å²) in [7, 11) is 0. The summed E-state index contributed by atoms with van der Waals surface area (Å²) in [6, 6.07) is 7.19. The van der Waals surface area contributed by atoms with Crippen LogP contribution in [0.4, 0.5) is 5.69 Å². The van der Waals surface area contributed by atoms with Crippen molar-refractivity contribution in [1.29, 1.82) is 0 Å². The number of carbonyl (C=O) groups is 3. The standard InChI is InChI=1S/C18H23N3O3S/c1-13(22)14-2-4-15(5-3-14)20-7-9-21(10-8-20)18(24)16-12-25-11-6-17(23)19-16/h2-5,16H,6-12H2,1H3,(H,19,23)/t16-/m0/s1. The van der Waals surface area contributed by atoms with E-state index in [1.165, 1.54) is 0 Å². The number of amides is 2. The van der Waals surface area contributed by atoms with Gasteiger partial charge in [0.2, 0.25) is 11.8 Å². The second-order valence-corrected chi connectivity index (χ2v) is 7.51. The molecular formula is C18H23N3O3S. The number of Topliss-reactive ketones (excluding diaryl/α,β-unsaturated/α-hetero) is 1. The molecule has 0 saturated carbocycles. The van der Waals surface area contributed by atoms with E-state index < -0.39 is 6.04 Å². The van der Waals surface area contributed by atoms with Crippen LogP contribution in [0.15, 0.2) is 24.3 Å². The molecule has 0 radical (unpaired) electrons. The van der Waals surface area contributed by atoms with Gasteiger partial charge in [0.05, 0.1) is 0 Å². The summed E-state index contributed by atoms with van der Waals surface area (Å²) in [5.41, 5.74) is 1.77. The molecule has 2 aliphatic rings. The molecule has 25 heavy (non-hydrogen) atoms.